The van der Waals surface area contributed by atoms with Crippen LogP contribution in [0.25, 0.3) is 54.9 Å². The van der Waals surface area contributed by atoms with Crippen LogP contribution < -0.4 is 0 Å². The Morgan fingerprint density at radius 1 is 0.476 bits per heavy atom. The van der Waals surface area contributed by atoms with E-state index < -0.39 is 9.85 Å². The highest BCUT2D eigenvalue weighted by Gasteiger charge is 2.33. The Morgan fingerprint density at radius 2 is 1.05 bits per heavy atom. The molecule has 0 spiro atoms. The maximum absolute atomic E-state index is 13.5. The minimum absolute atomic E-state index is 0.0759. The zero-order valence-corrected chi connectivity index (χ0v) is 21.6. The average molecular weight is 549 g/mol. The lowest BCUT2D eigenvalue weighted by Crippen LogP contribution is -2.12. The zero-order valence-electron chi connectivity index (χ0n) is 21.6. The lowest BCUT2D eigenvalue weighted by atomic mass is 9.79. The fourth-order valence-corrected chi connectivity index (χ4v) is 6.50. The second kappa shape index (κ2) is 8.25. The number of benzene rings is 6. The molecule has 42 heavy (non-hydrogen) atoms. The first-order valence-electron chi connectivity index (χ1n) is 13.1. The normalized spacial score (nSPS) is 12.8. The molecule has 0 saturated carbocycles. The summed E-state index contributed by atoms with van der Waals surface area (Å²) >= 11 is 0. The molecule has 2 aliphatic carbocycles. The largest absolute Gasteiger partial charge is 0.289 e. The van der Waals surface area contributed by atoms with Crippen LogP contribution in [0.5, 0.6) is 0 Å². The number of non-ortho nitro benzene ring substituents is 1. The van der Waals surface area contributed by atoms with Crippen molar-refractivity contribution in [1.29, 1.82) is 0 Å². The molecule has 0 N–H and O–H groups in total. The highest BCUT2D eigenvalue weighted by atomic mass is 16.6. The smallest absolute Gasteiger partial charge is 0.281 e. The molecule has 8 nitrogen and oxygen atoms in total. The van der Waals surface area contributed by atoms with Crippen molar-refractivity contribution in [1.82, 2.24) is 0 Å². The van der Waals surface area contributed by atoms with Crippen molar-refractivity contribution in [2.75, 3.05) is 0 Å². The maximum atomic E-state index is 13.5. The number of ketones is 2. The number of nitrogens with zero attached hydrogens (tertiary/aromatic N) is 2. The summed E-state index contributed by atoms with van der Waals surface area (Å²) in [5.74, 6) is -0.633. The van der Waals surface area contributed by atoms with E-state index in [0.717, 1.165) is 43.8 Å². The molecule has 0 atom stereocenters. The van der Waals surface area contributed by atoms with E-state index in [2.05, 4.69) is 0 Å². The van der Waals surface area contributed by atoms with Crippen LogP contribution in [0.2, 0.25) is 0 Å². The molecule has 0 aromatic heterocycles. The first-order chi connectivity index (χ1) is 20.3. The summed E-state index contributed by atoms with van der Waals surface area (Å²) in [7, 11) is 0. The van der Waals surface area contributed by atoms with Gasteiger partial charge >= 0.3 is 0 Å². The highest BCUT2D eigenvalue weighted by molar-refractivity contribution is 6.28. The van der Waals surface area contributed by atoms with Gasteiger partial charge in [0.15, 0.2) is 5.78 Å². The van der Waals surface area contributed by atoms with Crippen LogP contribution in [0.15, 0.2) is 97.1 Å². The molecule has 0 unspecified atom stereocenters. The van der Waals surface area contributed by atoms with Gasteiger partial charge in [0.1, 0.15) is 5.56 Å². The number of hydrogen-bond donors (Lipinski definition) is 0. The first kappa shape index (κ1) is 23.8. The van der Waals surface area contributed by atoms with E-state index in [1.165, 1.54) is 18.2 Å². The average Bonchev–Trinajstić information content (AvgIpc) is 3.01. The third kappa shape index (κ3) is 3.11. The van der Waals surface area contributed by atoms with Gasteiger partial charge in [-0.1, -0.05) is 48.5 Å². The molecule has 0 radical (unpaired) electrons. The maximum Gasteiger partial charge on any atom is 0.281 e. The first-order valence-corrected chi connectivity index (χ1v) is 13.1. The van der Waals surface area contributed by atoms with Crippen molar-refractivity contribution in [3.63, 3.8) is 0 Å². The molecular formula is C34H16N2O6. The topological polar surface area (TPSA) is 120 Å². The Balaban J connectivity index is 1.43. The molecule has 0 saturated heterocycles. The molecule has 198 valence electrons. The summed E-state index contributed by atoms with van der Waals surface area (Å²) in [6.07, 6.45) is 0. The van der Waals surface area contributed by atoms with E-state index in [9.17, 15) is 29.8 Å². The number of nitro benzene ring substituents is 2. The van der Waals surface area contributed by atoms with E-state index in [1.54, 1.807) is 42.5 Å². The van der Waals surface area contributed by atoms with Gasteiger partial charge in [-0.3, -0.25) is 29.8 Å². The predicted octanol–water partition coefficient (Wildman–Crippen LogP) is 7.90. The lowest BCUT2D eigenvalue weighted by molar-refractivity contribution is -0.385. The molecule has 8 heteroatoms. The Labute approximate surface area is 236 Å². The van der Waals surface area contributed by atoms with Gasteiger partial charge in [0.2, 0.25) is 5.78 Å². The fraction of sp³-hybridized carbons (Fsp3) is 0. The summed E-state index contributed by atoms with van der Waals surface area (Å²) in [6.45, 7) is 0. The van der Waals surface area contributed by atoms with Crippen LogP contribution in [0.1, 0.15) is 31.8 Å². The molecule has 0 amide bonds. The summed E-state index contributed by atoms with van der Waals surface area (Å²) in [6, 6.07) is 27.8. The number of nitro groups is 2. The molecule has 6 aromatic carbocycles. The number of carbonyl (C=O) groups excluding carboxylic acids is 2. The minimum atomic E-state index is -0.527. The van der Waals surface area contributed by atoms with Crippen molar-refractivity contribution < 1.29 is 19.4 Å². The van der Waals surface area contributed by atoms with Crippen molar-refractivity contribution in [3.05, 3.63) is 140 Å². The Bertz CT molecular complexity index is 2300. The van der Waals surface area contributed by atoms with Crippen molar-refractivity contribution in [3.8, 4) is 33.4 Å². The van der Waals surface area contributed by atoms with Crippen LogP contribution in [-0.4, -0.2) is 21.4 Å². The van der Waals surface area contributed by atoms with Gasteiger partial charge in [-0.05, 0) is 68.9 Å². The summed E-state index contributed by atoms with van der Waals surface area (Å²) in [5.41, 5.74) is 5.17. The van der Waals surface area contributed by atoms with Crippen molar-refractivity contribution >= 4 is 44.5 Å². The summed E-state index contributed by atoms with van der Waals surface area (Å²) in [4.78, 5) is 49.2. The van der Waals surface area contributed by atoms with Gasteiger partial charge in [0, 0.05) is 51.2 Å². The Hall–Kier alpha value is -6.02. The van der Waals surface area contributed by atoms with Gasteiger partial charge in [0.25, 0.3) is 11.4 Å². The predicted molar refractivity (Wildman–Crippen MR) is 158 cm³/mol. The lowest BCUT2D eigenvalue weighted by Gasteiger charge is -2.23. The molecule has 0 aliphatic heterocycles. The molecule has 2 aliphatic rings. The SMILES string of the molecule is O=C1c2cc([N+](=O)[O-])ccc2-c2cc(-c3cc4c5c(cccc5c3)C(=O)c3c-4cccc3[N+](=O)[O-])cc3cccc1c23. The van der Waals surface area contributed by atoms with E-state index in [1.807, 2.05) is 36.4 Å². The standard InChI is InChI=1S/C34H16N2O6/c37-33-24-7-1-4-17-12-19(14-26(30(17)24)22-11-10-21(35(39)40)16-28(22)33)20-13-18-5-2-8-25-31(18)27(15-20)23-6-3-9-29(36(41)42)32(23)34(25)38/h1-16H. The monoisotopic (exact) mass is 548 g/mol. The van der Waals surface area contributed by atoms with E-state index in [4.69, 9.17) is 0 Å². The summed E-state index contributed by atoms with van der Waals surface area (Å²) < 4.78 is 0. The number of rotatable bonds is 3. The quantitative estimate of drug-likeness (QED) is 0.163. The van der Waals surface area contributed by atoms with Crippen LogP contribution in [0.3, 0.4) is 0 Å². The molecule has 0 heterocycles. The van der Waals surface area contributed by atoms with E-state index in [0.29, 0.717) is 22.3 Å². The highest BCUT2D eigenvalue weighted by Crippen LogP contribution is 2.47. The molecule has 8 rings (SSSR count). The third-order valence-corrected chi connectivity index (χ3v) is 8.28. The number of fused-ring (bicyclic) bond motifs is 4. The minimum Gasteiger partial charge on any atom is -0.289 e. The molecule has 0 fully saturated rings. The Morgan fingerprint density at radius 3 is 1.67 bits per heavy atom. The van der Waals surface area contributed by atoms with Crippen molar-refractivity contribution in [2.24, 2.45) is 0 Å². The number of carbonyl (C=O) groups is 2. The van der Waals surface area contributed by atoms with Crippen LogP contribution in [0, 0.1) is 20.2 Å². The zero-order chi connectivity index (χ0) is 28.9. The van der Waals surface area contributed by atoms with Gasteiger partial charge in [-0.15, -0.1) is 0 Å². The van der Waals surface area contributed by atoms with Gasteiger partial charge in [-0.25, -0.2) is 0 Å². The van der Waals surface area contributed by atoms with Crippen LogP contribution in [-0.2, 0) is 0 Å². The second-order valence-electron chi connectivity index (χ2n) is 10.5. The molecular weight excluding hydrogens is 532 g/mol. The van der Waals surface area contributed by atoms with E-state index >= 15 is 0 Å². The van der Waals surface area contributed by atoms with Crippen LogP contribution >= 0.6 is 0 Å². The van der Waals surface area contributed by atoms with Crippen molar-refractivity contribution in [2.45, 2.75) is 0 Å². The second-order valence-corrected chi connectivity index (χ2v) is 10.5. The third-order valence-electron chi connectivity index (χ3n) is 8.28. The number of hydrogen-bond acceptors (Lipinski definition) is 6. The summed E-state index contributed by atoms with van der Waals surface area (Å²) in [5, 5.41) is 26.5. The van der Waals surface area contributed by atoms with E-state index in [-0.39, 0.29) is 34.1 Å². The fourth-order valence-electron chi connectivity index (χ4n) is 6.50. The van der Waals surface area contributed by atoms with Gasteiger partial charge in [-0.2, -0.15) is 0 Å². The van der Waals surface area contributed by atoms with Gasteiger partial charge in [0.05, 0.1) is 9.85 Å². The molecule has 6 aromatic rings. The Kier molecular flexibility index (Phi) is 4.68. The molecule has 0 bridgehead atoms. The van der Waals surface area contributed by atoms with Gasteiger partial charge < -0.3 is 0 Å². The van der Waals surface area contributed by atoms with Crippen LogP contribution in [0.4, 0.5) is 11.4 Å².